The average molecular weight is 487 g/mol. The molecule has 0 N–H and O–H groups in total. The SMILES string of the molecule is C[C@@H]1CCCN1Cc1sc(Cc2cc(Cl)ncn2)nc1-c1cc(Cl)cc(C(F)(F)F)c1. The molecule has 4 rings (SSSR count). The lowest BCUT2D eigenvalue weighted by Gasteiger charge is -2.20. The van der Waals surface area contributed by atoms with Crippen LogP contribution in [0.2, 0.25) is 10.2 Å². The largest absolute Gasteiger partial charge is 0.416 e. The average Bonchev–Trinajstić information content (AvgIpc) is 3.27. The lowest BCUT2D eigenvalue weighted by atomic mass is 10.1. The minimum absolute atomic E-state index is 0.0300. The van der Waals surface area contributed by atoms with Crippen LogP contribution in [0.15, 0.2) is 30.6 Å². The molecular weight excluding hydrogens is 468 g/mol. The Balaban J connectivity index is 1.74. The Kier molecular flexibility index (Phi) is 6.53. The predicted octanol–water partition coefficient (Wildman–Crippen LogP) is 6.50. The fourth-order valence-electron chi connectivity index (χ4n) is 3.73. The van der Waals surface area contributed by atoms with Gasteiger partial charge in [-0.1, -0.05) is 23.2 Å². The van der Waals surface area contributed by atoms with E-state index in [0.29, 0.717) is 41.1 Å². The van der Waals surface area contributed by atoms with Crippen molar-refractivity contribution in [3.8, 4) is 11.3 Å². The molecule has 3 heterocycles. The highest BCUT2D eigenvalue weighted by atomic mass is 35.5. The Morgan fingerprint density at radius 1 is 1.16 bits per heavy atom. The van der Waals surface area contributed by atoms with Crippen LogP contribution in [0.1, 0.15) is 40.9 Å². The number of alkyl halides is 3. The molecule has 0 aliphatic carbocycles. The summed E-state index contributed by atoms with van der Waals surface area (Å²) in [6.07, 6.45) is -0.472. The smallest absolute Gasteiger partial charge is 0.296 e. The number of hydrogen-bond acceptors (Lipinski definition) is 5. The van der Waals surface area contributed by atoms with Crippen molar-refractivity contribution in [2.75, 3.05) is 6.54 Å². The molecular formula is C21H19Cl2F3N4S. The third kappa shape index (κ3) is 5.37. The highest BCUT2D eigenvalue weighted by Gasteiger charge is 2.32. The van der Waals surface area contributed by atoms with Gasteiger partial charge in [0.2, 0.25) is 0 Å². The minimum Gasteiger partial charge on any atom is -0.296 e. The van der Waals surface area contributed by atoms with Crippen molar-refractivity contribution >= 4 is 34.5 Å². The summed E-state index contributed by atoms with van der Waals surface area (Å²) in [4.78, 5) is 16.0. The summed E-state index contributed by atoms with van der Waals surface area (Å²) in [5.74, 6) is 0. The second-order valence-electron chi connectivity index (χ2n) is 7.58. The van der Waals surface area contributed by atoms with Gasteiger partial charge in [0.15, 0.2) is 0 Å². The first kappa shape index (κ1) is 22.5. The summed E-state index contributed by atoms with van der Waals surface area (Å²) in [5.41, 5.74) is 0.813. The van der Waals surface area contributed by atoms with Gasteiger partial charge in [0.1, 0.15) is 11.5 Å². The maximum atomic E-state index is 13.4. The van der Waals surface area contributed by atoms with Crippen LogP contribution in [0.4, 0.5) is 13.2 Å². The summed E-state index contributed by atoms with van der Waals surface area (Å²) >= 11 is 13.5. The number of thiazole rings is 1. The highest BCUT2D eigenvalue weighted by Crippen LogP contribution is 2.38. The van der Waals surface area contributed by atoms with Gasteiger partial charge in [-0.25, -0.2) is 15.0 Å². The van der Waals surface area contributed by atoms with Gasteiger partial charge < -0.3 is 0 Å². The lowest BCUT2D eigenvalue weighted by molar-refractivity contribution is -0.137. The van der Waals surface area contributed by atoms with Gasteiger partial charge in [0.25, 0.3) is 0 Å². The van der Waals surface area contributed by atoms with Crippen LogP contribution in [0, 0.1) is 0 Å². The first-order valence-electron chi connectivity index (χ1n) is 9.76. The number of rotatable bonds is 5. The first-order chi connectivity index (χ1) is 14.7. The first-order valence-corrected chi connectivity index (χ1v) is 11.3. The van der Waals surface area contributed by atoms with Crippen LogP contribution in [0.3, 0.4) is 0 Å². The topological polar surface area (TPSA) is 41.9 Å². The van der Waals surface area contributed by atoms with Crippen molar-refractivity contribution in [3.63, 3.8) is 0 Å². The number of hydrogen-bond donors (Lipinski definition) is 0. The molecule has 0 spiro atoms. The van der Waals surface area contributed by atoms with Crippen molar-refractivity contribution < 1.29 is 13.2 Å². The van der Waals surface area contributed by atoms with E-state index in [2.05, 4.69) is 21.8 Å². The number of nitrogens with zero attached hydrogens (tertiary/aromatic N) is 4. The van der Waals surface area contributed by atoms with Gasteiger partial charge in [-0.3, -0.25) is 4.90 Å². The summed E-state index contributed by atoms with van der Waals surface area (Å²) in [5, 5.41) is 1.11. The van der Waals surface area contributed by atoms with Gasteiger partial charge in [0, 0.05) is 34.5 Å². The molecule has 31 heavy (non-hydrogen) atoms. The molecule has 0 unspecified atom stereocenters. The van der Waals surface area contributed by atoms with Crippen molar-refractivity contribution in [1.82, 2.24) is 19.9 Å². The number of likely N-dealkylation sites (tertiary alicyclic amines) is 1. The molecule has 1 aliphatic heterocycles. The van der Waals surface area contributed by atoms with E-state index < -0.39 is 11.7 Å². The van der Waals surface area contributed by atoms with E-state index in [1.807, 2.05) is 0 Å². The summed E-state index contributed by atoms with van der Waals surface area (Å²) in [6, 6.07) is 5.66. The van der Waals surface area contributed by atoms with Gasteiger partial charge in [-0.15, -0.1) is 11.3 Å². The normalized spacial score (nSPS) is 17.4. The van der Waals surface area contributed by atoms with E-state index in [1.165, 1.54) is 23.7 Å². The molecule has 0 bridgehead atoms. The zero-order valence-electron chi connectivity index (χ0n) is 16.6. The monoisotopic (exact) mass is 486 g/mol. The standard InChI is InChI=1S/C21H19Cl2F3N4S/c1-12-3-2-4-30(12)10-17-20(13-5-14(21(24,25)26)7-15(22)6-13)29-19(31-17)9-16-8-18(23)28-11-27-16/h5-8,11-12H,2-4,9-10H2,1H3/t12-/m1/s1. The molecule has 0 amide bonds. The van der Waals surface area contributed by atoms with Crippen LogP contribution >= 0.6 is 34.5 Å². The van der Waals surface area contributed by atoms with E-state index in [4.69, 9.17) is 28.2 Å². The van der Waals surface area contributed by atoms with Crippen molar-refractivity contribution in [2.45, 2.75) is 44.9 Å². The number of benzene rings is 1. The Labute approximate surface area is 192 Å². The van der Waals surface area contributed by atoms with E-state index in [0.717, 1.165) is 41.4 Å². The number of aromatic nitrogens is 3. The molecule has 1 aliphatic rings. The quantitative estimate of drug-likeness (QED) is 0.386. The fraction of sp³-hybridized carbons (Fsp3) is 0.381. The molecule has 0 radical (unpaired) electrons. The molecule has 1 aromatic carbocycles. The fourth-order valence-corrected chi connectivity index (χ4v) is 5.27. The van der Waals surface area contributed by atoms with E-state index in [1.54, 1.807) is 6.07 Å². The Morgan fingerprint density at radius 2 is 1.97 bits per heavy atom. The van der Waals surface area contributed by atoms with Gasteiger partial charge in [-0.05, 0) is 50.6 Å². The van der Waals surface area contributed by atoms with Crippen LogP contribution in [-0.2, 0) is 19.1 Å². The zero-order chi connectivity index (χ0) is 22.2. The van der Waals surface area contributed by atoms with Gasteiger partial charge in [0.05, 0.1) is 22.0 Å². The molecule has 1 atom stereocenters. The summed E-state index contributed by atoms with van der Waals surface area (Å²) < 4.78 is 40.1. The van der Waals surface area contributed by atoms with Gasteiger partial charge in [-0.2, -0.15) is 13.2 Å². The Bertz CT molecular complexity index is 1090. The van der Waals surface area contributed by atoms with Crippen LogP contribution < -0.4 is 0 Å². The molecule has 2 aromatic heterocycles. The molecule has 164 valence electrons. The minimum atomic E-state index is -4.49. The molecule has 10 heteroatoms. The van der Waals surface area contributed by atoms with E-state index in [-0.39, 0.29) is 5.02 Å². The lowest BCUT2D eigenvalue weighted by Crippen LogP contribution is -2.25. The van der Waals surface area contributed by atoms with Crippen molar-refractivity contribution in [3.05, 3.63) is 61.9 Å². The van der Waals surface area contributed by atoms with Crippen LogP contribution in [0.5, 0.6) is 0 Å². The van der Waals surface area contributed by atoms with Crippen molar-refractivity contribution in [2.24, 2.45) is 0 Å². The van der Waals surface area contributed by atoms with Crippen LogP contribution in [0.25, 0.3) is 11.3 Å². The second-order valence-corrected chi connectivity index (χ2v) is 9.57. The summed E-state index contributed by atoms with van der Waals surface area (Å²) in [6.45, 7) is 3.75. The van der Waals surface area contributed by atoms with Gasteiger partial charge >= 0.3 is 6.18 Å². The molecule has 0 saturated carbocycles. The molecule has 4 nitrogen and oxygen atoms in total. The zero-order valence-corrected chi connectivity index (χ0v) is 18.9. The van der Waals surface area contributed by atoms with E-state index >= 15 is 0 Å². The molecule has 1 fully saturated rings. The second kappa shape index (κ2) is 9.02. The maximum Gasteiger partial charge on any atom is 0.416 e. The van der Waals surface area contributed by atoms with E-state index in [9.17, 15) is 13.2 Å². The Morgan fingerprint density at radius 3 is 2.65 bits per heavy atom. The maximum absolute atomic E-state index is 13.4. The van der Waals surface area contributed by atoms with Crippen LogP contribution in [-0.4, -0.2) is 32.4 Å². The third-order valence-corrected chi connectivity index (χ3v) is 6.77. The highest BCUT2D eigenvalue weighted by molar-refractivity contribution is 7.12. The molecule has 1 saturated heterocycles. The Hall–Kier alpha value is -1.74. The summed E-state index contributed by atoms with van der Waals surface area (Å²) in [7, 11) is 0. The number of halogens is 5. The predicted molar refractivity (Wildman–Crippen MR) is 117 cm³/mol. The third-order valence-electron chi connectivity index (χ3n) is 5.30. The molecule has 3 aromatic rings. The van der Waals surface area contributed by atoms with Crippen molar-refractivity contribution in [1.29, 1.82) is 0 Å².